The van der Waals surface area contributed by atoms with Crippen LogP contribution in [0.3, 0.4) is 0 Å². The van der Waals surface area contributed by atoms with Gasteiger partial charge in [0.15, 0.2) is 11.6 Å². The largest absolute Gasteiger partial charge is 0.328 e. The van der Waals surface area contributed by atoms with Crippen LogP contribution in [0.2, 0.25) is 0 Å². The number of rotatable bonds is 4. The fraction of sp³-hybridized carbons (Fsp3) is 0.737. The Morgan fingerprint density at radius 3 is 2.75 bits per heavy atom. The van der Waals surface area contributed by atoms with Crippen molar-refractivity contribution in [2.24, 2.45) is 7.05 Å². The summed E-state index contributed by atoms with van der Waals surface area (Å²) in [5.74, 6) is 3.35. The zero-order valence-electron chi connectivity index (χ0n) is 16.8. The number of aryl methyl sites for hydroxylation is 1. The highest BCUT2D eigenvalue weighted by Gasteiger charge is 2.29. The van der Waals surface area contributed by atoms with E-state index in [4.69, 9.17) is 4.98 Å². The molecule has 0 bridgehead atoms. The summed E-state index contributed by atoms with van der Waals surface area (Å²) < 4.78 is 1.82. The van der Waals surface area contributed by atoms with Crippen LogP contribution in [0.15, 0.2) is 6.33 Å². The summed E-state index contributed by atoms with van der Waals surface area (Å²) in [6, 6.07) is -0.259. The molecule has 2 N–H and O–H groups in total. The first-order valence-corrected chi connectivity index (χ1v) is 10.4. The normalized spacial score (nSPS) is 22.2. The van der Waals surface area contributed by atoms with Crippen molar-refractivity contribution >= 4 is 6.03 Å². The van der Waals surface area contributed by atoms with E-state index in [1.807, 2.05) is 23.4 Å². The molecule has 2 aromatic heterocycles. The van der Waals surface area contributed by atoms with Gasteiger partial charge in [-0.15, -0.1) is 10.2 Å². The van der Waals surface area contributed by atoms with Crippen molar-refractivity contribution in [2.45, 2.75) is 69.7 Å². The number of hydrogen-bond donors (Lipinski definition) is 2. The van der Waals surface area contributed by atoms with E-state index in [9.17, 15) is 4.79 Å². The second-order valence-corrected chi connectivity index (χ2v) is 8.17. The molecule has 28 heavy (non-hydrogen) atoms. The summed E-state index contributed by atoms with van der Waals surface area (Å²) >= 11 is 0. The minimum Gasteiger partial charge on any atom is -0.328 e. The number of likely N-dealkylation sites (tertiary alicyclic amines) is 1. The van der Waals surface area contributed by atoms with E-state index in [0.29, 0.717) is 12.5 Å². The van der Waals surface area contributed by atoms with Gasteiger partial charge in [-0.25, -0.2) is 9.78 Å². The van der Waals surface area contributed by atoms with Crippen LogP contribution in [0, 0.1) is 0 Å². The smallest absolute Gasteiger partial charge is 0.317 e. The maximum absolute atomic E-state index is 12.8. The van der Waals surface area contributed by atoms with E-state index < -0.39 is 0 Å². The number of nitrogens with one attached hydrogen (secondary N) is 2. The van der Waals surface area contributed by atoms with Crippen LogP contribution in [-0.2, 0) is 7.05 Å². The fourth-order valence-corrected chi connectivity index (χ4v) is 4.43. The van der Waals surface area contributed by atoms with Gasteiger partial charge in [-0.05, 0) is 32.6 Å². The first-order valence-electron chi connectivity index (χ1n) is 10.4. The van der Waals surface area contributed by atoms with E-state index in [1.165, 1.54) is 32.1 Å². The molecule has 4 rings (SSSR count). The molecule has 0 aromatic carbocycles. The Labute approximate surface area is 165 Å². The Bertz CT molecular complexity index is 793. The van der Waals surface area contributed by atoms with Gasteiger partial charge in [-0.3, -0.25) is 5.10 Å². The number of carbonyl (C=O) groups excluding carboxylic acids is 1. The van der Waals surface area contributed by atoms with Crippen molar-refractivity contribution in [1.82, 2.24) is 40.2 Å². The molecule has 9 nitrogen and oxygen atoms in total. The molecule has 1 aliphatic carbocycles. The number of amides is 2. The fourth-order valence-electron chi connectivity index (χ4n) is 4.43. The van der Waals surface area contributed by atoms with Gasteiger partial charge in [-0.1, -0.05) is 19.3 Å². The molecule has 9 heteroatoms. The number of nitrogens with zero attached hydrogens (tertiary/aromatic N) is 6. The minimum absolute atomic E-state index is 0.0664. The Morgan fingerprint density at radius 2 is 2.00 bits per heavy atom. The molecule has 2 aromatic rings. The average molecular weight is 387 g/mol. The molecular weight excluding hydrogens is 356 g/mol. The minimum atomic E-state index is -0.193. The number of aromatic nitrogens is 6. The summed E-state index contributed by atoms with van der Waals surface area (Å²) in [7, 11) is 1.88. The van der Waals surface area contributed by atoms with Crippen molar-refractivity contribution in [1.29, 1.82) is 0 Å². The molecule has 2 atom stereocenters. The SMILES string of the molecule is C[C@@H](NC(=O)N1CCC[C@@H](c2n[nH]c(C3CCCCC3)n2)C1)c1nncn1C. The lowest BCUT2D eigenvalue weighted by atomic mass is 9.89. The molecular formula is C19H30N8O. The molecule has 2 aliphatic rings. The molecule has 1 saturated heterocycles. The highest BCUT2D eigenvalue weighted by Crippen LogP contribution is 2.32. The van der Waals surface area contributed by atoms with Crippen LogP contribution in [0.25, 0.3) is 0 Å². The topological polar surface area (TPSA) is 105 Å². The summed E-state index contributed by atoms with van der Waals surface area (Å²) in [6.07, 6.45) is 9.92. The molecule has 0 radical (unpaired) electrons. The number of H-pyrrole nitrogens is 1. The second kappa shape index (κ2) is 8.28. The van der Waals surface area contributed by atoms with Gasteiger partial charge >= 0.3 is 6.03 Å². The lowest BCUT2D eigenvalue weighted by molar-refractivity contribution is 0.175. The third-order valence-corrected chi connectivity index (χ3v) is 6.06. The van der Waals surface area contributed by atoms with Crippen LogP contribution >= 0.6 is 0 Å². The van der Waals surface area contributed by atoms with Crippen molar-refractivity contribution in [2.75, 3.05) is 13.1 Å². The maximum Gasteiger partial charge on any atom is 0.317 e. The van der Waals surface area contributed by atoms with Gasteiger partial charge in [0.1, 0.15) is 12.2 Å². The van der Waals surface area contributed by atoms with Gasteiger partial charge in [0.25, 0.3) is 0 Å². The first-order chi connectivity index (χ1) is 13.6. The maximum atomic E-state index is 12.8. The monoisotopic (exact) mass is 386 g/mol. The molecule has 1 aliphatic heterocycles. The number of piperidine rings is 1. The Morgan fingerprint density at radius 1 is 1.21 bits per heavy atom. The quantitative estimate of drug-likeness (QED) is 0.840. The standard InChI is InChI=1S/C19H30N8O/c1-13(18-25-20-12-26(18)2)21-19(28)27-10-6-9-15(11-27)17-22-16(23-24-17)14-7-4-3-5-8-14/h12-15H,3-11H2,1-2H3,(H,21,28)(H,22,23,24)/t13-,15-/m1/s1. The van der Waals surface area contributed by atoms with Crippen LogP contribution in [0.1, 0.15) is 87.2 Å². The van der Waals surface area contributed by atoms with Crippen molar-refractivity contribution < 1.29 is 4.79 Å². The highest BCUT2D eigenvalue weighted by atomic mass is 16.2. The lowest BCUT2D eigenvalue weighted by Gasteiger charge is -2.32. The summed E-state index contributed by atoms with van der Waals surface area (Å²) in [4.78, 5) is 19.4. The Hall–Kier alpha value is -2.45. The van der Waals surface area contributed by atoms with Gasteiger partial charge in [0.2, 0.25) is 0 Å². The summed E-state index contributed by atoms with van der Waals surface area (Å²) in [5.41, 5.74) is 0. The predicted molar refractivity (Wildman–Crippen MR) is 104 cm³/mol. The van der Waals surface area contributed by atoms with Gasteiger partial charge in [0.05, 0.1) is 6.04 Å². The zero-order chi connectivity index (χ0) is 19.5. The van der Waals surface area contributed by atoms with E-state index in [0.717, 1.165) is 36.9 Å². The Balaban J connectivity index is 1.37. The van der Waals surface area contributed by atoms with Crippen LogP contribution in [0.5, 0.6) is 0 Å². The number of carbonyl (C=O) groups is 1. The van der Waals surface area contributed by atoms with Crippen LogP contribution in [0.4, 0.5) is 4.79 Å². The first kappa shape index (κ1) is 18.9. The van der Waals surface area contributed by atoms with Crippen LogP contribution in [-0.4, -0.2) is 54.0 Å². The predicted octanol–water partition coefficient (Wildman–Crippen LogP) is 2.63. The average Bonchev–Trinajstić information content (AvgIpc) is 3.38. The number of hydrogen-bond acceptors (Lipinski definition) is 5. The van der Waals surface area contributed by atoms with Crippen molar-refractivity contribution in [3.63, 3.8) is 0 Å². The summed E-state index contributed by atoms with van der Waals surface area (Å²) in [6.45, 7) is 3.34. The zero-order valence-corrected chi connectivity index (χ0v) is 16.8. The molecule has 152 valence electrons. The number of urea groups is 1. The number of aromatic amines is 1. The van der Waals surface area contributed by atoms with Gasteiger partial charge in [0, 0.05) is 32.0 Å². The van der Waals surface area contributed by atoms with Gasteiger partial charge in [-0.2, -0.15) is 5.10 Å². The molecule has 3 heterocycles. The highest BCUT2D eigenvalue weighted by molar-refractivity contribution is 5.74. The van der Waals surface area contributed by atoms with E-state index in [1.54, 1.807) is 6.33 Å². The Kier molecular flexibility index (Phi) is 5.59. The lowest BCUT2D eigenvalue weighted by Crippen LogP contribution is -2.46. The van der Waals surface area contributed by atoms with Crippen molar-refractivity contribution in [3.8, 4) is 0 Å². The van der Waals surface area contributed by atoms with Gasteiger partial charge < -0.3 is 14.8 Å². The molecule has 2 fully saturated rings. The van der Waals surface area contributed by atoms with E-state index >= 15 is 0 Å². The molecule has 0 unspecified atom stereocenters. The van der Waals surface area contributed by atoms with Crippen LogP contribution < -0.4 is 5.32 Å². The third kappa shape index (κ3) is 4.02. The van der Waals surface area contributed by atoms with E-state index in [2.05, 4.69) is 25.7 Å². The van der Waals surface area contributed by atoms with E-state index in [-0.39, 0.29) is 18.0 Å². The van der Waals surface area contributed by atoms with Crippen molar-refractivity contribution in [3.05, 3.63) is 23.8 Å². The third-order valence-electron chi connectivity index (χ3n) is 6.06. The molecule has 2 amide bonds. The molecule has 0 spiro atoms. The molecule has 1 saturated carbocycles. The summed E-state index contributed by atoms with van der Waals surface area (Å²) in [5, 5.41) is 18.7. The second-order valence-electron chi connectivity index (χ2n) is 8.17.